The van der Waals surface area contributed by atoms with Crippen molar-refractivity contribution < 1.29 is 4.39 Å². The number of halogens is 2. The van der Waals surface area contributed by atoms with E-state index in [9.17, 15) is 4.39 Å². The Morgan fingerprint density at radius 1 is 1.22 bits per heavy atom. The number of hydrogen-bond acceptors (Lipinski definition) is 2. The van der Waals surface area contributed by atoms with Crippen LogP contribution in [0.3, 0.4) is 0 Å². The molecule has 0 bridgehead atoms. The molecule has 18 heavy (non-hydrogen) atoms. The first-order valence-electron chi connectivity index (χ1n) is 6.32. The van der Waals surface area contributed by atoms with Crippen molar-refractivity contribution in [3.8, 4) is 0 Å². The molecule has 2 rings (SSSR count). The fourth-order valence-corrected chi connectivity index (χ4v) is 2.94. The van der Waals surface area contributed by atoms with E-state index in [1.54, 1.807) is 6.07 Å². The van der Waals surface area contributed by atoms with Gasteiger partial charge >= 0.3 is 0 Å². The third-order valence-electron chi connectivity index (χ3n) is 3.33. The van der Waals surface area contributed by atoms with Gasteiger partial charge in [0.25, 0.3) is 0 Å². The van der Waals surface area contributed by atoms with E-state index in [2.05, 4.69) is 27.4 Å². The summed E-state index contributed by atoms with van der Waals surface area (Å²) in [5.74, 6) is 5.42. The van der Waals surface area contributed by atoms with Crippen molar-refractivity contribution >= 4 is 15.9 Å². The van der Waals surface area contributed by atoms with Gasteiger partial charge in [-0.3, -0.25) is 5.84 Å². The van der Waals surface area contributed by atoms with E-state index >= 15 is 0 Å². The van der Waals surface area contributed by atoms with E-state index in [1.165, 1.54) is 30.9 Å². The molecule has 0 aliphatic heterocycles. The van der Waals surface area contributed by atoms with Crippen LogP contribution in [-0.4, -0.2) is 0 Å². The summed E-state index contributed by atoms with van der Waals surface area (Å²) in [4.78, 5) is 0. The Balaban J connectivity index is 2.29. The molecule has 1 aliphatic carbocycles. The lowest BCUT2D eigenvalue weighted by Gasteiger charge is -2.20. The first-order valence-corrected chi connectivity index (χ1v) is 7.11. The predicted octanol–water partition coefficient (Wildman–Crippen LogP) is 3.98. The van der Waals surface area contributed by atoms with Gasteiger partial charge in [0.15, 0.2) is 0 Å². The second kappa shape index (κ2) is 6.45. The first-order chi connectivity index (χ1) is 8.70. The van der Waals surface area contributed by atoms with E-state index in [0.29, 0.717) is 0 Å². The Hall–Kier alpha value is -0.710. The van der Waals surface area contributed by atoms with Crippen LogP contribution in [0.4, 0.5) is 4.39 Å². The molecular weight excluding hydrogens is 295 g/mol. The molecule has 1 atom stereocenters. The van der Waals surface area contributed by atoms with Crippen molar-refractivity contribution in [1.82, 2.24) is 5.43 Å². The minimum absolute atomic E-state index is 0.0879. The van der Waals surface area contributed by atoms with Crippen LogP contribution in [0.5, 0.6) is 0 Å². The van der Waals surface area contributed by atoms with Gasteiger partial charge in [0.05, 0.1) is 6.04 Å². The minimum Gasteiger partial charge on any atom is -0.271 e. The topological polar surface area (TPSA) is 38.0 Å². The highest BCUT2D eigenvalue weighted by molar-refractivity contribution is 9.10. The molecule has 0 aromatic heterocycles. The molecule has 98 valence electrons. The number of nitrogens with one attached hydrogen (secondary N) is 1. The highest BCUT2D eigenvalue weighted by Crippen LogP contribution is 2.30. The first kappa shape index (κ1) is 13.7. The highest BCUT2D eigenvalue weighted by Gasteiger charge is 2.17. The quantitative estimate of drug-likeness (QED) is 0.503. The average Bonchev–Trinajstić information content (AvgIpc) is 2.58. The highest BCUT2D eigenvalue weighted by atomic mass is 79.9. The van der Waals surface area contributed by atoms with Crippen LogP contribution in [-0.2, 0) is 0 Å². The van der Waals surface area contributed by atoms with Gasteiger partial charge in [0.1, 0.15) is 5.82 Å². The average molecular weight is 313 g/mol. The Bertz CT molecular complexity index is 425. The number of allylic oxidation sites excluding steroid dienone is 1. The summed E-state index contributed by atoms with van der Waals surface area (Å²) in [6.45, 7) is 0. The molecular formula is C14H18BrFN2. The van der Waals surface area contributed by atoms with Gasteiger partial charge < -0.3 is 0 Å². The van der Waals surface area contributed by atoms with Crippen LogP contribution < -0.4 is 11.3 Å². The standard InChI is InChI=1S/C14H18BrFN2/c15-12-7-11(8-13(16)9-12)14(18-17)10-5-3-1-2-4-6-10/h5,7-9,14,18H,1-4,6,17H2. The van der Waals surface area contributed by atoms with Crippen LogP contribution in [0, 0.1) is 5.82 Å². The number of rotatable bonds is 3. The maximum atomic E-state index is 13.5. The van der Waals surface area contributed by atoms with Gasteiger partial charge in [0.2, 0.25) is 0 Å². The van der Waals surface area contributed by atoms with Crippen LogP contribution in [0.25, 0.3) is 0 Å². The van der Waals surface area contributed by atoms with E-state index < -0.39 is 0 Å². The molecule has 0 saturated carbocycles. The zero-order valence-electron chi connectivity index (χ0n) is 10.3. The maximum Gasteiger partial charge on any atom is 0.124 e. The maximum absolute atomic E-state index is 13.5. The summed E-state index contributed by atoms with van der Waals surface area (Å²) < 4.78 is 14.2. The second-order valence-electron chi connectivity index (χ2n) is 4.68. The summed E-state index contributed by atoms with van der Waals surface area (Å²) in [5.41, 5.74) is 4.96. The molecule has 0 spiro atoms. The summed E-state index contributed by atoms with van der Waals surface area (Å²) in [6, 6.07) is 4.83. The Kier molecular flexibility index (Phi) is 4.92. The van der Waals surface area contributed by atoms with Gasteiger partial charge in [-0.15, -0.1) is 0 Å². The van der Waals surface area contributed by atoms with E-state index in [1.807, 2.05) is 6.07 Å². The fraction of sp³-hybridized carbons (Fsp3) is 0.429. The number of benzene rings is 1. The van der Waals surface area contributed by atoms with Crippen LogP contribution in [0.1, 0.15) is 43.7 Å². The van der Waals surface area contributed by atoms with Crippen LogP contribution >= 0.6 is 15.9 Å². The van der Waals surface area contributed by atoms with Gasteiger partial charge in [-0.1, -0.05) is 34.0 Å². The van der Waals surface area contributed by atoms with Crippen molar-refractivity contribution in [2.45, 2.75) is 38.1 Å². The summed E-state index contributed by atoms with van der Waals surface area (Å²) in [6.07, 6.45) is 8.03. The normalized spacial score (nSPS) is 18.1. The zero-order chi connectivity index (χ0) is 13.0. The van der Waals surface area contributed by atoms with E-state index in [4.69, 9.17) is 5.84 Å². The van der Waals surface area contributed by atoms with Crippen molar-refractivity contribution in [3.63, 3.8) is 0 Å². The molecule has 0 heterocycles. The predicted molar refractivity (Wildman–Crippen MR) is 75.3 cm³/mol. The number of hydrogen-bond donors (Lipinski definition) is 2. The molecule has 4 heteroatoms. The second-order valence-corrected chi connectivity index (χ2v) is 5.60. The molecule has 1 aliphatic rings. The summed E-state index contributed by atoms with van der Waals surface area (Å²) in [7, 11) is 0. The third kappa shape index (κ3) is 3.40. The fourth-order valence-electron chi connectivity index (χ4n) is 2.46. The van der Waals surface area contributed by atoms with Crippen molar-refractivity contribution in [2.24, 2.45) is 5.84 Å². The lowest BCUT2D eigenvalue weighted by atomic mass is 9.95. The molecule has 3 N–H and O–H groups in total. The summed E-state index contributed by atoms with van der Waals surface area (Å²) >= 11 is 3.32. The molecule has 0 radical (unpaired) electrons. The van der Waals surface area contributed by atoms with Crippen molar-refractivity contribution in [1.29, 1.82) is 0 Å². The largest absolute Gasteiger partial charge is 0.271 e. The molecule has 1 aromatic carbocycles. The van der Waals surface area contributed by atoms with E-state index in [-0.39, 0.29) is 11.9 Å². The van der Waals surface area contributed by atoms with Gasteiger partial charge in [-0.05, 0) is 49.4 Å². The third-order valence-corrected chi connectivity index (χ3v) is 3.79. The Labute approximate surface area is 116 Å². The lowest BCUT2D eigenvalue weighted by Crippen LogP contribution is -2.29. The summed E-state index contributed by atoms with van der Waals surface area (Å²) in [5, 5.41) is 0. The zero-order valence-corrected chi connectivity index (χ0v) is 11.8. The van der Waals surface area contributed by atoms with Gasteiger partial charge in [-0.25, -0.2) is 9.82 Å². The molecule has 0 fully saturated rings. The minimum atomic E-state index is -0.242. The van der Waals surface area contributed by atoms with Gasteiger partial charge in [0, 0.05) is 4.47 Å². The van der Waals surface area contributed by atoms with Gasteiger partial charge in [-0.2, -0.15) is 0 Å². The smallest absolute Gasteiger partial charge is 0.124 e. The van der Waals surface area contributed by atoms with Crippen LogP contribution in [0.2, 0.25) is 0 Å². The number of hydrazine groups is 1. The van der Waals surface area contributed by atoms with Crippen LogP contribution in [0.15, 0.2) is 34.3 Å². The molecule has 0 amide bonds. The molecule has 1 aromatic rings. The number of nitrogens with two attached hydrogens (primary N) is 1. The monoisotopic (exact) mass is 312 g/mol. The Morgan fingerprint density at radius 3 is 2.78 bits per heavy atom. The Morgan fingerprint density at radius 2 is 2.06 bits per heavy atom. The molecule has 2 nitrogen and oxygen atoms in total. The SMILES string of the molecule is NNC(C1=CCCCCC1)c1cc(F)cc(Br)c1. The van der Waals surface area contributed by atoms with Crippen molar-refractivity contribution in [2.75, 3.05) is 0 Å². The lowest BCUT2D eigenvalue weighted by molar-refractivity contribution is 0.580. The molecule has 0 saturated heterocycles. The van der Waals surface area contributed by atoms with Crippen molar-refractivity contribution in [3.05, 3.63) is 45.7 Å². The molecule has 1 unspecified atom stereocenters. The van der Waals surface area contributed by atoms with E-state index in [0.717, 1.165) is 22.9 Å².